The summed E-state index contributed by atoms with van der Waals surface area (Å²) in [4.78, 5) is 12.0. The van der Waals surface area contributed by atoms with Gasteiger partial charge in [0.15, 0.2) is 5.78 Å². The van der Waals surface area contributed by atoms with Crippen LogP contribution in [0.4, 0.5) is 0 Å². The molecule has 0 bridgehead atoms. The van der Waals surface area contributed by atoms with Gasteiger partial charge in [0.25, 0.3) is 0 Å². The van der Waals surface area contributed by atoms with Crippen LogP contribution in [0.15, 0.2) is 6.07 Å². The minimum Gasteiger partial charge on any atom is -0.396 e. The second kappa shape index (κ2) is 4.02. The van der Waals surface area contributed by atoms with Crippen molar-refractivity contribution in [2.24, 2.45) is 5.92 Å². The number of rotatable bonds is 2. The van der Waals surface area contributed by atoms with Crippen LogP contribution >= 0.6 is 0 Å². The zero-order valence-corrected chi connectivity index (χ0v) is 10.1. The van der Waals surface area contributed by atoms with Crippen molar-refractivity contribution in [1.29, 1.82) is 0 Å². The monoisotopic (exact) mass is 218 g/mol. The number of Topliss-reactive ketones (excluding diaryl/α,β-unsaturated/α-hetero) is 1. The molecule has 0 spiro atoms. The Labute approximate surface area is 96.3 Å². The summed E-state index contributed by atoms with van der Waals surface area (Å²) in [6, 6.07) is 2.12. The number of carbonyl (C=O) groups excluding carboxylic acids is 1. The second-order valence-electron chi connectivity index (χ2n) is 4.77. The summed E-state index contributed by atoms with van der Waals surface area (Å²) >= 11 is 0. The molecule has 0 amide bonds. The molecule has 0 saturated carbocycles. The molecular weight excluding hydrogens is 200 g/mol. The van der Waals surface area contributed by atoms with Crippen LogP contribution in [-0.2, 0) is 12.8 Å². The molecule has 1 aromatic rings. The third-order valence-electron chi connectivity index (χ3n) is 3.60. The van der Waals surface area contributed by atoms with Gasteiger partial charge in [0.2, 0.25) is 0 Å². The quantitative estimate of drug-likeness (QED) is 0.826. The van der Waals surface area contributed by atoms with Gasteiger partial charge in [-0.2, -0.15) is 0 Å². The molecule has 0 aliphatic heterocycles. The van der Waals surface area contributed by atoms with Crippen LogP contribution in [0, 0.1) is 19.8 Å². The Morgan fingerprint density at radius 3 is 2.75 bits per heavy atom. The molecule has 2 nitrogen and oxygen atoms in total. The van der Waals surface area contributed by atoms with Crippen LogP contribution in [0.25, 0.3) is 0 Å². The summed E-state index contributed by atoms with van der Waals surface area (Å²) in [6.07, 6.45) is 1.52. The maximum atomic E-state index is 12.0. The van der Waals surface area contributed by atoms with Crippen molar-refractivity contribution in [3.05, 3.63) is 33.9 Å². The third-order valence-corrected chi connectivity index (χ3v) is 3.60. The highest BCUT2D eigenvalue weighted by atomic mass is 16.2. The number of hydrogen-bond donors (Lipinski definition) is 1. The van der Waals surface area contributed by atoms with E-state index in [4.69, 9.17) is 5.11 Å². The minimum absolute atomic E-state index is 0.123. The van der Waals surface area contributed by atoms with Gasteiger partial charge in [-0.05, 0) is 48.9 Å². The SMILES string of the molecule is Cc1cc2c(c(C)c1CCO)C(=O)C(C)C2. The molecule has 2 heteroatoms. The first-order chi connectivity index (χ1) is 7.56. The van der Waals surface area contributed by atoms with E-state index < -0.39 is 0 Å². The molecule has 0 saturated heterocycles. The van der Waals surface area contributed by atoms with E-state index in [-0.39, 0.29) is 18.3 Å². The van der Waals surface area contributed by atoms with Crippen LogP contribution in [0.5, 0.6) is 0 Å². The molecule has 0 fully saturated rings. The lowest BCUT2D eigenvalue weighted by Crippen LogP contribution is -2.07. The number of ketones is 1. The first-order valence-corrected chi connectivity index (χ1v) is 5.83. The predicted molar refractivity (Wildman–Crippen MR) is 63.9 cm³/mol. The molecule has 86 valence electrons. The van der Waals surface area contributed by atoms with Crippen LogP contribution in [0.3, 0.4) is 0 Å². The van der Waals surface area contributed by atoms with Crippen LogP contribution in [-0.4, -0.2) is 17.5 Å². The van der Waals surface area contributed by atoms with Crippen molar-refractivity contribution >= 4 is 5.78 Å². The number of aliphatic hydroxyl groups is 1. The van der Waals surface area contributed by atoms with Crippen LogP contribution < -0.4 is 0 Å². The van der Waals surface area contributed by atoms with E-state index in [1.54, 1.807) is 0 Å². The molecule has 1 aliphatic rings. The lowest BCUT2D eigenvalue weighted by molar-refractivity contribution is 0.0945. The maximum absolute atomic E-state index is 12.0. The van der Waals surface area contributed by atoms with Crippen molar-refractivity contribution in [3.8, 4) is 0 Å². The molecule has 0 radical (unpaired) electrons. The van der Waals surface area contributed by atoms with Gasteiger partial charge in [-0.25, -0.2) is 0 Å². The number of benzene rings is 1. The molecule has 16 heavy (non-hydrogen) atoms. The lowest BCUT2D eigenvalue weighted by atomic mass is 9.92. The number of hydrogen-bond acceptors (Lipinski definition) is 2. The fraction of sp³-hybridized carbons (Fsp3) is 0.500. The average molecular weight is 218 g/mol. The second-order valence-corrected chi connectivity index (χ2v) is 4.77. The normalized spacial score (nSPS) is 19.0. The van der Waals surface area contributed by atoms with Gasteiger partial charge in [0.1, 0.15) is 0 Å². The summed E-state index contributed by atoms with van der Waals surface area (Å²) in [5.41, 5.74) is 5.53. The molecule has 1 unspecified atom stereocenters. The van der Waals surface area contributed by atoms with E-state index >= 15 is 0 Å². The standard InChI is InChI=1S/C14H18O2/c1-8-6-11-7-9(2)14(16)13(11)10(3)12(8)4-5-15/h6,9,15H,4-5,7H2,1-3H3. The molecule has 0 heterocycles. The number of fused-ring (bicyclic) bond motifs is 1. The van der Waals surface area contributed by atoms with Gasteiger partial charge in [-0.1, -0.05) is 13.0 Å². The van der Waals surface area contributed by atoms with E-state index in [1.807, 2.05) is 13.8 Å². The number of aliphatic hydroxyl groups excluding tert-OH is 1. The average Bonchev–Trinajstić information content (AvgIpc) is 2.49. The Morgan fingerprint density at radius 1 is 1.44 bits per heavy atom. The minimum atomic E-state index is 0.123. The fourth-order valence-electron chi connectivity index (χ4n) is 2.78. The lowest BCUT2D eigenvalue weighted by Gasteiger charge is -2.12. The maximum Gasteiger partial charge on any atom is 0.166 e. The number of carbonyl (C=O) groups is 1. The Kier molecular flexibility index (Phi) is 2.85. The van der Waals surface area contributed by atoms with E-state index in [0.29, 0.717) is 6.42 Å². The van der Waals surface area contributed by atoms with Gasteiger partial charge < -0.3 is 5.11 Å². The highest BCUT2D eigenvalue weighted by molar-refractivity contribution is 6.03. The Morgan fingerprint density at radius 2 is 2.12 bits per heavy atom. The van der Waals surface area contributed by atoms with E-state index in [1.165, 1.54) is 11.1 Å². The smallest absolute Gasteiger partial charge is 0.166 e. The van der Waals surface area contributed by atoms with Gasteiger partial charge >= 0.3 is 0 Å². The Bertz CT molecular complexity index is 447. The van der Waals surface area contributed by atoms with Crippen molar-refractivity contribution < 1.29 is 9.90 Å². The van der Waals surface area contributed by atoms with Gasteiger partial charge in [0, 0.05) is 18.1 Å². The molecule has 1 aromatic carbocycles. The highest BCUT2D eigenvalue weighted by Crippen LogP contribution is 2.32. The molecule has 1 N–H and O–H groups in total. The summed E-state index contributed by atoms with van der Waals surface area (Å²) in [6.45, 7) is 6.20. The molecule has 0 aromatic heterocycles. The highest BCUT2D eigenvalue weighted by Gasteiger charge is 2.29. The third kappa shape index (κ3) is 1.57. The van der Waals surface area contributed by atoms with E-state index in [0.717, 1.165) is 23.1 Å². The summed E-state index contributed by atoms with van der Waals surface area (Å²) < 4.78 is 0. The topological polar surface area (TPSA) is 37.3 Å². The molecule has 1 atom stereocenters. The molecule has 1 aliphatic carbocycles. The zero-order chi connectivity index (χ0) is 11.9. The van der Waals surface area contributed by atoms with Gasteiger partial charge in [0.05, 0.1) is 0 Å². The van der Waals surface area contributed by atoms with Gasteiger partial charge in [-0.15, -0.1) is 0 Å². The molecule has 2 rings (SSSR count). The van der Waals surface area contributed by atoms with Crippen molar-refractivity contribution in [2.75, 3.05) is 6.61 Å². The van der Waals surface area contributed by atoms with E-state index in [9.17, 15) is 4.79 Å². The number of aryl methyl sites for hydroxylation is 1. The van der Waals surface area contributed by atoms with Crippen molar-refractivity contribution in [2.45, 2.75) is 33.6 Å². The Hall–Kier alpha value is -1.15. The van der Waals surface area contributed by atoms with Crippen LogP contribution in [0.2, 0.25) is 0 Å². The Balaban J connectivity index is 2.59. The fourth-order valence-corrected chi connectivity index (χ4v) is 2.78. The van der Waals surface area contributed by atoms with Crippen molar-refractivity contribution in [3.63, 3.8) is 0 Å². The largest absolute Gasteiger partial charge is 0.396 e. The van der Waals surface area contributed by atoms with Crippen LogP contribution in [0.1, 0.15) is 39.5 Å². The zero-order valence-electron chi connectivity index (χ0n) is 10.1. The summed E-state index contributed by atoms with van der Waals surface area (Å²) in [7, 11) is 0. The predicted octanol–water partition coefficient (Wildman–Crippen LogP) is 2.21. The van der Waals surface area contributed by atoms with Crippen molar-refractivity contribution in [1.82, 2.24) is 0 Å². The summed E-state index contributed by atoms with van der Waals surface area (Å²) in [5.74, 6) is 0.393. The molecular formula is C14H18O2. The first kappa shape index (κ1) is 11.3. The van der Waals surface area contributed by atoms with E-state index in [2.05, 4.69) is 13.0 Å². The summed E-state index contributed by atoms with van der Waals surface area (Å²) in [5, 5.41) is 9.05. The first-order valence-electron chi connectivity index (χ1n) is 5.83. The van der Waals surface area contributed by atoms with Gasteiger partial charge in [-0.3, -0.25) is 4.79 Å².